The van der Waals surface area contributed by atoms with Crippen LogP contribution in [0.4, 0.5) is 11.6 Å². The van der Waals surface area contributed by atoms with Crippen LogP contribution in [-0.2, 0) is 16.1 Å². The van der Waals surface area contributed by atoms with E-state index in [0.29, 0.717) is 33.3 Å². The smallest absolute Gasteiger partial charge is 0.248 e. The average Bonchev–Trinajstić information content (AvgIpc) is 3.21. The van der Waals surface area contributed by atoms with Crippen LogP contribution in [0.2, 0.25) is 0 Å². The average molecular weight is 550 g/mol. The molecule has 0 unspecified atom stereocenters. The Kier molecular flexibility index (Phi) is 4.98. The number of carbonyl (C=O) groups is 2. The van der Waals surface area contributed by atoms with Gasteiger partial charge in [-0.2, -0.15) is 0 Å². The van der Waals surface area contributed by atoms with Gasteiger partial charge in [-0.15, -0.1) is 0 Å². The zero-order valence-corrected chi connectivity index (χ0v) is 21.3. The largest absolute Gasteiger partial charge is 0.508 e. The highest BCUT2D eigenvalue weighted by Crippen LogP contribution is 2.59. The number of phenolic OH excluding ortho intramolecular Hbond substituents is 1. The number of nitrogens with one attached hydrogen (secondary N) is 1. The number of aryl methyl sites for hydroxylation is 1. The van der Waals surface area contributed by atoms with Gasteiger partial charge in [0.1, 0.15) is 46.5 Å². The summed E-state index contributed by atoms with van der Waals surface area (Å²) in [5.74, 6) is 0.373. The van der Waals surface area contributed by atoms with Crippen molar-refractivity contribution in [2.24, 2.45) is 5.41 Å². The molecule has 0 radical (unpaired) electrons. The second kappa shape index (κ2) is 7.89. The van der Waals surface area contributed by atoms with Crippen LogP contribution < -0.4 is 11.1 Å². The number of halogens is 1. The van der Waals surface area contributed by atoms with Crippen molar-refractivity contribution in [3.8, 4) is 5.75 Å². The molecule has 0 spiro atoms. The Balaban J connectivity index is 1.37. The van der Waals surface area contributed by atoms with Crippen LogP contribution in [-0.4, -0.2) is 53.4 Å². The number of pyridine rings is 1. The van der Waals surface area contributed by atoms with Crippen molar-refractivity contribution in [1.29, 1.82) is 0 Å². The number of piperidine rings is 1. The topological polar surface area (TPSA) is 139 Å². The highest BCUT2D eigenvalue weighted by molar-refractivity contribution is 9.10. The third kappa shape index (κ3) is 3.48. The van der Waals surface area contributed by atoms with E-state index in [1.54, 1.807) is 35.2 Å². The van der Waals surface area contributed by atoms with Crippen LogP contribution in [0.5, 0.6) is 5.75 Å². The summed E-state index contributed by atoms with van der Waals surface area (Å²) < 4.78 is 2.42. The van der Waals surface area contributed by atoms with Gasteiger partial charge in [0.05, 0.1) is 10.9 Å². The Labute approximate surface area is 214 Å². The number of hydrogen-bond donors (Lipinski definition) is 3. The van der Waals surface area contributed by atoms with E-state index in [9.17, 15) is 14.7 Å². The Morgan fingerprint density at radius 2 is 2.08 bits per heavy atom. The predicted molar refractivity (Wildman–Crippen MR) is 138 cm³/mol. The lowest BCUT2D eigenvalue weighted by Crippen LogP contribution is -2.46. The first kappa shape index (κ1) is 22.7. The van der Waals surface area contributed by atoms with Crippen LogP contribution >= 0.6 is 15.9 Å². The van der Waals surface area contributed by atoms with E-state index in [1.165, 1.54) is 6.33 Å². The Morgan fingerprint density at radius 3 is 2.86 bits per heavy atom. The van der Waals surface area contributed by atoms with Gasteiger partial charge >= 0.3 is 0 Å². The third-order valence-electron chi connectivity index (χ3n) is 7.42. The van der Waals surface area contributed by atoms with E-state index in [0.717, 1.165) is 17.5 Å². The number of carbonyl (C=O) groups excluding carboxylic acids is 2. The number of aromatic hydroxyl groups is 1. The van der Waals surface area contributed by atoms with Crippen molar-refractivity contribution < 1.29 is 14.7 Å². The Morgan fingerprint density at radius 1 is 1.28 bits per heavy atom. The molecule has 1 aliphatic heterocycles. The predicted octanol–water partition coefficient (Wildman–Crippen LogP) is 3.36. The number of phenols is 1. The number of likely N-dealkylation sites (tertiary alicyclic amines) is 1. The van der Waals surface area contributed by atoms with Gasteiger partial charge in [0.25, 0.3) is 0 Å². The first-order chi connectivity index (χ1) is 17.2. The Bertz CT molecular complexity index is 1590. The number of anilines is 2. The number of fused-ring (bicyclic) bond motifs is 4. The van der Waals surface area contributed by atoms with Gasteiger partial charge in [0.15, 0.2) is 0 Å². The van der Waals surface area contributed by atoms with E-state index in [2.05, 4.69) is 43.1 Å². The summed E-state index contributed by atoms with van der Waals surface area (Å²) in [5, 5.41) is 14.3. The van der Waals surface area contributed by atoms with Crippen molar-refractivity contribution in [3.05, 3.63) is 46.8 Å². The minimum absolute atomic E-state index is 0.00847. The van der Waals surface area contributed by atoms with Crippen molar-refractivity contribution >= 4 is 61.3 Å². The van der Waals surface area contributed by atoms with Gasteiger partial charge in [-0.05, 0) is 70.9 Å². The summed E-state index contributed by atoms with van der Waals surface area (Å²) in [6.45, 7) is 3.96. The molecule has 6 rings (SSSR count). The minimum atomic E-state index is -0.597. The molecule has 4 heterocycles. The molecule has 10 nitrogen and oxygen atoms in total. The summed E-state index contributed by atoms with van der Waals surface area (Å²) in [7, 11) is 0. The molecule has 3 aromatic heterocycles. The summed E-state index contributed by atoms with van der Waals surface area (Å²) in [6, 6.07) is 7.95. The van der Waals surface area contributed by atoms with Crippen molar-refractivity contribution in [2.45, 2.75) is 45.3 Å². The molecule has 3 atom stereocenters. The van der Waals surface area contributed by atoms with Gasteiger partial charge in [-0.3, -0.25) is 9.59 Å². The van der Waals surface area contributed by atoms with Crippen LogP contribution in [0.3, 0.4) is 0 Å². The molecule has 2 amide bonds. The first-order valence-electron chi connectivity index (χ1n) is 11.6. The fraction of sp³-hybridized carbons (Fsp3) is 0.320. The van der Waals surface area contributed by atoms with Gasteiger partial charge in [-0.25, -0.2) is 15.0 Å². The van der Waals surface area contributed by atoms with Crippen LogP contribution in [0.1, 0.15) is 25.3 Å². The van der Waals surface area contributed by atoms with E-state index in [1.807, 2.05) is 11.5 Å². The zero-order chi connectivity index (χ0) is 25.4. The van der Waals surface area contributed by atoms with E-state index < -0.39 is 6.04 Å². The maximum Gasteiger partial charge on any atom is 0.248 e. The number of nitrogens with two attached hydrogens (primary N) is 1. The molecule has 1 saturated heterocycles. The summed E-state index contributed by atoms with van der Waals surface area (Å²) in [4.78, 5) is 41.7. The monoisotopic (exact) mass is 549 g/mol. The van der Waals surface area contributed by atoms with E-state index >= 15 is 0 Å². The molecule has 184 valence electrons. The molecular formula is C25H24BrN7O3. The number of hydrogen-bond acceptors (Lipinski definition) is 7. The van der Waals surface area contributed by atoms with Crippen molar-refractivity contribution in [3.63, 3.8) is 0 Å². The van der Waals surface area contributed by atoms with Gasteiger partial charge in [0.2, 0.25) is 11.8 Å². The number of amides is 2. The van der Waals surface area contributed by atoms with Crippen LogP contribution in [0.25, 0.3) is 21.9 Å². The highest BCUT2D eigenvalue weighted by Gasteiger charge is 2.64. The maximum atomic E-state index is 13.8. The molecule has 1 aliphatic carbocycles. The normalized spacial score (nSPS) is 22.7. The lowest BCUT2D eigenvalue weighted by Gasteiger charge is -2.27. The fourth-order valence-corrected chi connectivity index (χ4v) is 6.03. The first-order valence-corrected chi connectivity index (χ1v) is 12.4. The van der Waals surface area contributed by atoms with Gasteiger partial charge < -0.3 is 25.6 Å². The molecule has 0 bridgehead atoms. The molecule has 4 N–H and O–H groups in total. The summed E-state index contributed by atoms with van der Waals surface area (Å²) in [5.41, 5.74) is 8.15. The molecular weight excluding hydrogens is 526 g/mol. The zero-order valence-electron chi connectivity index (χ0n) is 19.7. The molecule has 4 aromatic rings. The lowest BCUT2D eigenvalue weighted by atomic mass is 10.0. The number of rotatable bonds is 4. The van der Waals surface area contributed by atoms with Gasteiger partial charge in [-0.1, -0.05) is 13.0 Å². The lowest BCUT2D eigenvalue weighted by molar-refractivity contribution is -0.138. The van der Waals surface area contributed by atoms with Crippen LogP contribution in [0.15, 0.2) is 41.3 Å². The number of benzene rings is 1. The SMILES string of the molecule is Cc1cc(O)cc2c3c(N)ncnc3n(CC(=O)N3[C@H](C(=O)Nc4cccc(Br)n4)C[C@@]4(C)C[C@@H]34)c12. The van der Waals surface area contributed by atoms with E-state index in [-0.39, 0.29) is 41.4 Å². The summed E-state index contributed by atoms with van der Waals surface area (Å²) >= 11 is 3.32. The number of nitrogens with zero attached hydrogens (tertiary/aromatic N) is 5. The minimum Gasteiger partial charge on any atom is -0.508 e. The van der Waals surface area contributed by atoms with Crippen molar-refractivity contribution in [1.82, 2.24) is 24.4 Å². The second-order valence-electron chi connectivity index (χ2n) is 9.93. The van der Waals surface area contributed by atoms with Gasteiger partial charge in [0, 0.05) is 11.4 Å². The van der Waals surface area contributed by atoms with Crippen molar-refractivity contribution in [2.75, 3.05) is 11.1 Å². The summed E-state index contributed by atoms with van der Waals surface area (Å²) in [6.07, 6.45) is 2.83. The standard InChI is InChI=1S/C25H24BrN7O3/c1-12-6-13(34)7-14-20-22(27)28-11-29-23(20)32(21(12)14)10-19(35)33-15(8-25(2)9-16(25)33)24(36)31-18-5-3-4-17(26)30-18/h3-7,11,15-16,34H,8-10H2,1-2H3,(H2,27,28,29)(H,30,31,36)/t15-,16+,25-/m0/s1. The second-order valence-corrected chi connectivity index (χ2v) is 10.7. The Hall–Kier alpha value is -3.73. The van der Waals surface area contributed by atoms with Crippen LogP contribution in [0, 0.1) is 12.3 Å². The molecule has 36 heavy (non-hydrogen) atoms. The molecule has 1 saturated carbocycles. The third-order valence-corrected chi connectivity index (χ3v) is 7.86. The molecule has 1 aromatic carbocycles. The maximum absolute atomic E-state index is 13.8. The van der Waals surface area contributed by atoms with E-state index in [4.69, 9.17) is 5.73 Å². The fourth-order valence-electron chi connectivity index (χ4n) is 5.69. The number of nitrogen functional groups attached to an aromatic ring is 1. The molecule has 2 fully saturated rings. The number of aromatic nitrogens is 4. The molecule has 11 heteroatoms. The highest BCUT2D eigenvalue weighted by atomic mass is 79.9. The quantitative estimate of drug-likeness (QED) is 0.331. The molecule has 2 aliphatic rings.